The Morgan fingerprint density at radius 2 is 1.90 bits per heavy atom. The van der Waals surface area contributed by atoms with Crippen LogP contribution in [-0.2, 0) is 4.74 Å². The van der Waals surface area contributed by atoms with E-state index in [1.165, 1.54) is 32.9 Å². The number of halogens is 1. The molecule has 0 unspecified atom stereocenters. The standard InChI is InChI=1S/C22H23BrN2O2S2/c1-14-15(2)29-22(24-21(26)18-4-3-13-28-18)19(14)20(25-9-11-27-12-10-25)16-5-7-17(23)8-6-16/h3-8,13,20H,9-12H2,1-2H3,(H,24,26)/t20-/m1/s1. The van der Waals surface area contributed by atoms with Crippen LogP contribution in [0, 0.1) is 13.8 Å². The number of anilines is 1. The van der Waals surface area contributed by atoms with Gasteiger partial charge >= 0.3 is 0 Å². The number of rotatable bonds is 5. The molecule has 1 aliphatic rings. The zero-order valence-corrected chi connectivity index (χ0v) is 19.6. The monoisotopic (exact) mass is 490 g/mol. The van der Waals surface area contributed by atoms with Gasteiger partial charge in [0.05, 0.1) is 24.1 Å². The lowest BCUT2D eigenvalue weighted by molar-refractivity contribution is 0.0240. The van der Waals surface area contributed by atoms with Crippen molar-refractivity contribution in [3.63, 3.8) is 0 Å². The third kappa shape index (κ3) is 4.49. The Balaban J connectivity index is 1.77. The van der Waals surface area contributed by atoms with Crippen LogP contribution in [0.1, 0.15) is 37.3 Å². The zero-order valence-electron chi connectivity index (χ0n) is 16.4. The van der Waals surface area contributed by atoms with Crippen molar-refractivity contribution in [2.24, 2.45) is 0 Å². The van der Waals surface area contributed by atoms with Gasteiger partial charge < -0.3 is 10.1 Å². The van der Waals surface area contributed by atoms with E-state index in [2.05, 4.69) is 64.3 Å². The van der Waals surface area contributed by atoms with Crippen LogP contribution in [-0.4, -0.2) is 37.1 Å². The van der Waals surface area contributed by atoms with Crippen molar-refractivity contribution in [2.45, 2.75) is 19.9 Å². The van der Waals surface area contributed by atoms with Gasteiger partial charge in [0.1, 0.15) is 5.00 Å². The highest BCUT2D eigenvalue weighted by molar-refractivity contribution is 9.10. The summed E-state index contributed by atoms with van der Waals surface area (Å²) in [4.78, 5) is 17.2. The highest BCUT2D eigenvalue weighted by Gasteiger charge is 2.30. The number of morpholine rings is 1. The van der Waals surface area contributed by atoms with Gasteiger partial charge in [-0.25, -0.2) is 0 Å². The number of ether oxygens (including phenoxy) is 1. The van der Waals surface area contributed by atoms with Crippen molar-refractivity contribution in [1.29, 1.82) is 0 Å². The molecule has 1 aromatic carbocycles. The molecule has 1 N–H and O–H groups in total. The molecule has 0 saturated carbocycles. The van der Waals surface area contributed by atoms with E-state index < -0.39 is 0 Å². The van der Waals surface area contributed by atoms with Gasteiger partial charge in [-0.1, -0.05) is 34.1 Å². The first kappa shape index (κ1) is 20.8. The van der Waals surface area contributed by atoms with Crippen molar-refractivity contribution in [3.8, 4) is 0 Å². The fourth-order valence-corrected chi connectivity index (χ4v) is 5.65. The summed E-state index contributed by atoms with van der Waals surface area (Å²) >= 11 is 6.67. The molecule has 7 heteroatoms. The lowest BCUT2D eigenvalue weighted by Gasteiger charge is -2.35. The maximum Gasteiger partial charge on any atom is 0.266 e. The summed E-state index contributed by atoms with van der Waals surface area (Å²) in [7, 11) is 0. The number of thiophene rings is 2. The van der Waals surface area contributed by atoms with Gasteiger partial charge in [0.25, 0.3) is 5.91 Å². The van der Waals surface area contributed by atoms with Gasteiger partial charge in [0, 0.05) is 28.0 Å². The Morgan fingerprint density at radius 3 is 2.55 bits per heavy atom. The van der Waals surface area contributed by atoms with Crippen molar-refractivity contribution in [2.75, 3.05) is 31.6 Å². The van der Waals surface area contributed by atoms with Crippen molar-refractivity contribution in [3.05, 3.63) is 72.7 Å². The van der Waals surface area contributed by atoms with Crippen molar-refractivity contribution < 1.29 is 9.53 Å². The number of carbonyl (C=O) groups excluding carboxylic acids is 1. The van der Waals surface area contributed by atoms with Crippen LogP contribution in [0.15, 0.2) is 46.3 Å². The fraction of sp³-hybridized carbons (Fsp3) is 0.318. The molecule has 0 radical (unpaired) electrons. The predicted molar refractivity (Wildman–Crippen MR) is 124 cm³/mol. The van der Waals surface area contributed by atoms with E-state index in [1.54, 1.807) is 11.3 Å². The van der Waals surface area contributed by atoms with Crippen LogP contribution in [0.25, 0.3) is 0 Å². The van der Waals surface area contributed by atoms with Crippen LogP contribution in [0.3, 0.4) is 0 Å². The normalized spacial score (nSPS) is 16.0. The summed E-state index contributed by atoms with van der Waals surface area (Å²) in [5.41, 5.74) is 3.67. The topological polar surface area (TPSA) is 41.6 Å². The maximum absolute atomic E-state index is 12.8. The number of aryl methyl sites for hydroxylation is 1. The first-order chi connectivity index (χ1) is 14.0. The Bertz CT molecular complexity index is 977. The third-order valence-corrected chi connectivity index (χ3v) is 7.81. The van der Waals surface area contributed by atoms with E-state index in [1.807, 2.05) is 17.5 Å². The molecule has 1 aliphatic heterocycles. The second-order valence-corrected chi connectivity index (χ2v) is 10.1. The van der Waals surface area contributed by atoms with Gasteiger partial charge in [-0.15, -0.1) is 22.7 Å². The number of hydrogen-bond donors (Lipinski definition) is 1. The summed E-state index contributed by atoms with van der Waals surface area (Å²) in [5.74, 6) is -0.0426. The van der Waals surface area contributed by atoms with Crippen LogP contribution >= 0.6 is 38.6 Å². The first-order valence-corrected chi connectivity index (χ1v) is 12.1. The van der Waals surface area contributed by atoms with Gasteiger partial charge in [-0.3, -0.25) is 9.69 Å². The highest BCUT2D eigenvalue weighted by atomic mass is 79.9. The van der Waals surface area contributed by atoms with E-state index in [-0.39, 0.29) is 11.9 Å². The maximum atomic E-state index is 12.8. The Morgan fingerprint density at radius 1 is 1.17 bits per heavy atom. The molecule has 0 bridgehead atoms. The van der Waals surface area contributed by atoms with Crippen molar-refractivity contribution >= 4 is 49.5 Å². The van der Waals surface area contributed by atoms with Crippen LogP contribution < -0.4 is 5.32 Å². The summed E-state index contributed by atoms with van der Waals surface area (Å²) in [6, 6.07) is 12.4. The molecule has 1 amide bonds. The molecule has 4 nitrogen and oxygen atoms in total. The SMILES string of the molecule is Cc1sc(NC(=O)c2cccs2)c([C@@H](c2ccc(Br)cc2)N2CCOCC2)c1C. The summed E-state index contributed by atoms with van der Waals surface area (Å²) < 4.78 is 6.67. The van der Waals surface area contributed by atoms with E-state index in [4.69, 9.17) is 4.74 Å². The Hall–Kier alpha value is -1.51. The molecule has 152 valence electrons. The Kier molecular flexibility index (Phi) is 6.51. The largest absolute Gasteiger partial charge is 0.379 e. The average molecular weight is 491 g/mol. The van der Waals surface area contributed by atoms with Crippen LogP contribution in [0.4, 0.5) is 5.00 Å². The average Bonchev–Trinajstić information content (AvgIpc) is 3.35. The third-order valence-electron chi connectivity index (χ3n) is 5.27. The highest BCUT2D eigenvalue weighted by Crippen LogP contribution is 2.42. The molecule has 1 fully saturated rings. The Labute approximate surface area is 187 Å². The molecule has 0 spiro atoms. The number of nitrogens with one attached hydrogen (secondary N) is 1. The summed E-state index contributed by atoms with van der Waals surface area (Å²) in [6.45, 7) is 7.48. The van der Waals surface area contributed by atoms with Gasteiger partial charge in [0.15, 0.2) is 0 Å². The number of hydrogen-bond acceptors (Lipinski definition) is 5. The van der Waals surface area contributed by atoms with E-state index in [0.29, 0.717) is 0 Å². The number of benzene rings is 1. The smallest absolute Gasteiger partial charge is 0.266 e. The van der Waals surface area contributed by atoms with Crippen LogP contribution in [0.2, 0.25) is 0 Å². The van der Waals surface area contributed by atoms with Gasteiger partial charge in [-0.2, -0.15) is 0 Å². The first-order valence-electron chi connectivity index (χ1n) is 9.56. The molecule has 0 aliphatic carbocycles. The summed E-state index contributed by atoms with van der Waals surface area (Å²) in [6.07, 6.45) is 0. The summed E-state index contributed by atoms with van der Waals surface area (Å²) in [5, 5.41) is 6.07. The van der Waals surface area contributed by atoms with E-state index >= 15 is 0 Å². The second-order valence-electron chi connectivity index (χ2n) is 7.06. The minimum atomic E-state index is -0.0426. The fourth-order valence-electron chi connectivity index (χ4n) is 3.68. The number of amides is 1. The minimum absolute atomic E-state index is 0.0426. The quantitative estimate of drug-likeness (QED) is 0.486. The molecular weight excluding hydrogens is 468 g/mol. The molecule has 1 saturated heterocycles. The van der Waals surface area contributed by atoms with Gasteiger partial charge in [-0.05, 0) is 48.6 Å². The molecule has 1 atom stereocenters. The minimum Gasteiger partial charge on any atom is -0.379 e. The van der Waals surface area contributed by atoms with Gasteiger partial charge in [0.2, 0.25) is 0 Å². The lowest BCUT2D eigenvalue weighted by atomic mass is 9.94. The molecule has 2 aromatic heterocycles. The molecule has 4 rings (SSSR count). The molecule has 3 heterocycles. The molecule has 29 heavy (non-hydrogen) atoms. The van der Waals surface area contributed by atoms with E-state index in [0.717, 1.165) is 40.7 Å². The number of nitrogens with zero attached hydrogens (tertiary/aromatic N) is 1. The predicted octanol–water partition coefficient (Wildman–Crippen LogP) is 5.86. The van der Waals surface area contributed by atoms with Crippen LogP contribution in [0.5, 0.6) is 0 Å². The lowest BCUT2D eigenvalue weighted by Crippen LogP contribution is -2.39. The zero-order chi connectivity index (χ0) is 20.4. The second kappa shape index (κ2) is 9.10. The van der Waals surface area contributed by atoms with Crippen molar-refractivity contribution in [1.82, 2.24) is 4.90 Å². The molecule has 3 aromatic rings. The van der Waals surface area contributed by atoms with E-state index in [9.17, 15) is 4.79 Å². The molecular formula is C22H23BrN2O2S2. The number of carbonyl (C=O) groups is 1.